The minimum atomic E-state index is -0.847. The second kappa shape index (κ2) is 6.28. The number of carbonyl (C=O) groups is 2. The normalized spacial score (nSPS) is 28.1. The van der Waals surface area contributed by atoms with Crippen molar-refractivity contribution in [2.24, 2.45) is 0 Å². The number of carbonyl (C=O) groups excluding carboxylic acids is 1. The molecule has 0 radical (unpaired) electrons. The maximum absolute atomic E-state index is 12.2. The first-order valence-electron chi connectivity index (χ1n) is 8.10. The minimum absolute atomic E-state index is 0.0172. The van der Waals surface area contributed by atoms with Gasteiger partial charge in [0.2, 0.25) is 0 Å². The van der Waals surface area contributed by atoms with Crippen LogP contribution in [0.5, 0.6) is 0 Å². The van der Waals surface area contributed by atoms with E-state index in [0.717, 1.165) is 0 Å². The van der Waals surface area contributed by atoms with Gasteiger partial charge >= 0.3 is 12.1 Å². The zero-order chi connectivity index (χ0) is 17.4. The van der Waals surface area contributed by atoms with Gasteiger partial charge < -0.3 is 19.5 Å². The number of ether oxygens (including phenoxy) is 2. The molecule has 2 fully saturated rings. The van der Waals surface area contributed by atoms with E-state index in [1.54, 1.807) is 4.90 Å². The Morgan fingerprint density at radius 2 is 1.91 bits per heavy atom. The van der Waals surface area contributed by atoms with Crippen LogP contribution in [0.4, 0.5) is 4.79 Å². The van der Waals surface area contributed by atoms with Crippen LogP contribution in [0.25, 0.3) is 0 Å². The molecule has 0 aliphatic carbocycles. The summed E-state index contributed by atoms with van der Waals surface area (Å²) in [6, 6.07) is 0.131. The average molecular weight is 328 g/mol. The van der Waals surface area contributed by atoms with E-state index in [-0.39, 0.29) is 24.7 Å². The largest absolute Gasteiger partial charge is 0.481 e. The highest BCUT2D eigenvalue weighted by atomic mass is 16.6. The summed E-state index contributed by atoms with van der Waals surface area (Å²) in [5, 5.41) is 9.32. The number of hydrogen-bond acceptors (Lipinski definition) is 5. The fourth-order valence-electron chi connectivity index (χ4n) is 3.36. The van der Waals surface area contributed by atoms with Crippen molar-refractivity contribution >= 4 is 12.1 Å². The van der Waals surface area contributed by atoms with Gasteiger partial charge in [0, 0.05) is 25.7 Å². The van der Waals surface area contributed by atoms with Crippen molar-refractivity contribution in [1.29, 1.82) is 0 Å². The van der Waals surface area contributed by atoms with E-state index in [2.05, 4.69) is 4.90 Å². The molecule has 7 nitrogen and oxygen atoms in total. The van der Waals surface area contributed by atoms with E-state index in [9.17, 15) is 14.7 Å². The minimum Gasteiger partial charge on any atom is -0.481 e. The molecule has 23 heavy (non-hydrogen) atoms. The molecule has 0 spiro atoms. The zero-order valence-electron chi connectivity index (χ0n) is 14.7. The van der Waals surface area contributed by atoms with Crippen LogP contribution in [0, 0.1) is 0 Å². The van der Waals surface area contributed by atoms with Crippen LogP contribution in [0.1, 0.15) is 41.0 Å². The third-order valence-corrected chi connectivity index (χ3v) is 4.32. The highest BCUT2D eigenvalue weighted by molar-refractivity contribution is 5.73. The van der Waals surface area contributed by atoms with Gasteiger partial charge in [0.1, 0.15) is 5.60 Å². The van der Waals surface area contributed by atoms with E-state index in [1.165, 1.54) is 0 Å². The van der Waals surface area contributed by atoms with E-state index in [4.69, 9.17) is 9.47 Å². The maximum atomic E-state index is 12.2. The molecule has 2 rings (SSSR count). The highest BCUT2D eigenvalue weighted by Crippen LogP contribution is 2.35. The molecule has 132 valence electrons. The molecule has 2 aliphatic rings. The number of rotatable bonds is 3. The summed E-state index contributed by atoms with van der Waals surface area (Å²) in [6.45, 7) is 11.5. The lowest BCUT2D eigenvalue weighted by Crippen LogP contribution is -2.75. The lowest BCUT2D eigenvalue weighted by atomic mass is 9.82. The average Bonchev–Trinajstić information content (AvgIpc) is 2.33. The first-order chi connectivity index (χ1) is 10.5. The van der Waals surface area contributed by atoms with Crippen molar-refractivity contribution in [3.8, 4) is 0 Å². The first kappa shape index (κ1) is 18.0. The molecule has 0 saturated carbocycles. The van der Waals surface area contributed by atoms with Crippen LogP contribution in [-0.4, -0.2) is 76.5 Å². The van der Waals surface area contributed by atoms with Crippen LogP contribution < -0.4 is 0 Å². The molecule has 2 unspecified atom stereocenters. The topological polar surface area (TPSA) is 79.3 Å². The molecule has 0 aromatic rings. The molecule has 2 aliphatic heterocycles. The maximum Gasteiger partial charge on any atom is 0.410 e. The number of aliphatic carboxylic acids is 1. The molecule has 0 aromatic carbocycles. The Balaban J connectivity index is 2.08. The smallest absolute Gasteiger partial charge is 0.410 e. The fraction of sp³-hybridized carbons (Fsp3) is 0.875. The van der Waals surface area contributed by atoms with Gasteiger partial charge in [-0.1, -0.05) is 0 Å². The number of morpholine rings is 1. The molecular formula is C16H28N2O5. The Morgan fingerprint density at radius 1 is 1.30 bits per heavy atom. The van der Waals surface area contributed by atoms with Gasteiger partial charge in [0.25, 0.3) is 0 Å². The predicted molar refractivity (Wildman–Crippen MR) is 84.4 cm³/mol. The standard InChI is InChI=1S/C16H28N2O5/c1-11-8-22-12(2)7-18(11)16(6-13(19)20)9-17(10-16)14(21)23-15(3,4)5/h11-12H,6-10H2,1-5H3,(H,19,20). The van der Waals surface area contributed by atoms with Crippen molar-refractivity contribution < 1.29 is 24.2 Å². The van der Waals surface area contributed by atoms with Crippen molar-refractivity contribution in [3.05, 3.63) is 0 Å². The molecule has 2 heterocycles. The Kier molecular flexibility index (Phi) is 4.92. The molecule has 0 bridgehead atoms. The van der Waals surface area contributed by atoms with Gasteiger partial charge in [-0.15, -0.1) is 0 Å². The summed E-state index contributed by atoms with van der Waals surface area (Å²) in [6.07, 6.45) is -0.302. The van der Waals surface area contributed by atoms with Crippen molar-refractivity contribution in [1.82, 2.24) is 9.80 Å². The summed E-state index contributed by atoms with van der Waals surface area (Å²) >= 11 is 0. The van der Waals surface area contributed by atoms with E-state index in [0.29, 0.717) is 26.2 Å². The molecular weight excluding hydrogens is 300 g/mol. The van der Waals surface area contributed by atoms with Crippen molar-refractivity contribution in [2.45, 2.75) is 64.3 Å². The number of carboxylic acids is 1. The Hall–Kier alpha value is -1.34. The monoisotopic (exact) mass is 328 g/mol. The molecule has 7 heteroatoms. The Bertz CT molecular complexity index is 468. The summed E-state index contributed by atoms with van der Waals surface area (Å²) in [5.74, 6) is -0.847. The van der Waals surface area contributed by atoms with Gasteiger partial charge in [-0.2, -0.15) is 0 Å². The Morgan fingerprint density at radius 3 is 2.43 bits per heavy atom. The zero-order valence-corrected chi connectivity index (χ0v) is 14.7. The van der Waals surface area contributed by atoms with E-state index >= 15 is 0 Å². The van der Waals surface area contributed by atoms with Gasteiger partial charge in [-0.25, -0.2) is 4.79 Å². The van der Waals surface area contributed by atoms with Gasteiger partial charge in [-0.05, 0) is 34.6 Å². The van der Waals surface area contributed by atoms with Crippen molar-refractivity contribution in [2.75, 3.05) is 26.2 Å². The lowest BCUT2D eigenvalue weighted by Gasteiger charge is -2.58. The van der Waals surface area contributed by atoms with Gasteiger partial charge in [0.15, 0.2) is 0 Å². The van der Waals surface area contributed by atoms with Crippen LogP contribution in [0.15, 0.2) is 0 Å². The number of carboxylic acid groups (broad SMARTS) is 1. The fourth-order valence-corrected chi connectivity index (χ4v) is 3.36. The molecule has 0 aromatic heterocycles. The second-order valence-corrected chi connectivity index (χ2v) is 7.78. The predicted octanol–water partition coefficient (Wildman–Crippen LogP) is 1.56. The molecule has 2 atom stereocenters. The molecule has 2 saturated heterocycles. The van der Waals surface area contributed by atoms with E-state index < -0.39 is 17.1 Å². The summed E-state index contributed by atoms with van der Waals surface area (Å²) in [5.41, 5.74) is -1.08. The molecule has 1 amide bonds. The quantitative estimate of drug-likeness (QED) is 0.847. The summed E-state index contributed by atoms with van der Waals surface area (Å²) in [4.78, 5) is 27.3. The van der Waals surface area contributed by atoms with Gasteiger partial charge in [0.05, 0.1) is 24.7 Å². The number of nitrogens with zero attached hydrogens (tertiary/aromatic N) is 2. The molecule has 1 N–H and O–H groups in total. The van der Waals surface area contributed by atoms with Crippen LogP contribution >= 0.6 is 0 Å². The van der Waals surface area contributed by atoms with E-state index in [1.807, 2.05) is 34.6 Å². The first-order valence-corrected chi connectivity index (χ1v) is 8.10. The number of hydrogen-bond donors (Lipinski definition) is 1. The van der Waals surface area contributed by atoms with Gasteiger partial charge in [-0.3, -0.25) is 9.69 Å². The number of likely N-dealkylation sites (tertiary alicyclic amines) is 1. The SMILES string of the molecule is CC1CN(C2(CC(=O)O)CN(C(=O)OC(C)(C)C)C2)C(C)CO1. The second-order valence-electron chi connectivity index (χ2n) is 7.78. The Labute approximate surface area is 137 Å². The van der Waals surface area contributed by atoms with Crippen LogP contribution in [0.2, 0.25) is 0 Å². The lowest BCUT2D eigenvalue weighted by molar-refractivity contribution is -0.160. The van der Waals surface area contributed by atoms with Crippen LogP contribution in [0.3, 0.4) is 0 Å². The van der Waals surface area contributed by atoms with Crippen molar-refractivity contribution in [3.63, 3.8) is 0 Å². The third-order valence-electron chi connectivity index (χ3n) is 4.32. The summed E-state index contributed by atoms with van der Waals surface area (Å²) in [7, 11) is 0. The summed E-state index contributed by atoms with van der Waals surface area (Å²) < 4.78 is 11.0. The number of amides is 1. The highest BCUT2D eigenvalue weighted by Gasteiger charge is 2.53. The third kappa shape index (κ3) is 4.14. The van der Waals surface area contributed by atoms with Crippen LogP contribution in [-0.2, 0) is 14.3 Å².